The number of anilines is 1. The van der Waals surface area contributed by atoms with Crippen molar-refractivity contribution in [3.05, 3.63) is 23.3 Å². The topological polar surface area (TPSA) is 61.5 Å². The second-order valence-corrected chi connectivity index (χ2v) is 3.09. The lowest BCUT2D eigenvalue weighted by Crippen LogP contribution is -2.07. The summed E-state index contributed by atoms with van der Waals surface area (Å²) in [5, 5.41) is 0. The molecule has 0 amide bonds. The fraction of sp³-hybridized carbons (Fsp3) is 0.300. The van der Waals surface area contributed by atoms with Crippen LogP contribution in [0.3, 0.4) is 0 Å². The van der Waals surface area contributed by atoms with E-state index >= 15 is 0 Å². The monoisotopic (exact) mass is 193 g/mol. The molecule has 1 aromatic rings. The third kappa shape index (κ3) is 1.19. The van der Waals surface area contributed by atoms with Crippen LogP contribution in [0.5, 0.6) is 5.75 Å². The molecule has 14 heavy (non-hydrogen) atoms. The van der Waals surface area contributed by atoms with E-state index in [1.54, 1.807) is 12.1 Å². The Kier molecular flexibility index (Phi) is 2.04. The molecule has 2 rings (SSSR count). The highest BCUT2D eigenvalue weighted by Gasteiger charge is 2.20. The maximum atomic E-state index is 11.3. The lowest BCUT2D eigenvalue weighted by molar-refractivity contribution is 0.0602. The molecule has 4 nitrogen and oxygen atoms in total. The normalized spacial score (nSPS) is 13.2. The zero-order valence-corrected chi connectivity index (χ0v) is 7.87. The Hall–Kier alpha value is -1.71. The minimum absolute atomic E-state index is 0.405. The molecule has 1 aliphatic heterocycles. The van der Waals surface area contributed by atoms with Crippen molar-refractivity contribution in [1.82, 2.24) is 0 Å². The van der Waals surface area contributed by atoms with Crippen molar-refractivity contribution in [3.63, 3.8) is 0 Å². The number of carbonyl (C=O) groups excluding carboxylic acids is 1. The first-order valence-corrected chi connectivity index (χ1v) is 4.36. The van der Waals surface area contributed by atoms with Crippen molar-refractivity contribution >= 4 is 11.7 Å². The molecule has 0 spiro atoms. The lowest BCUT2D eigenvalue weighted by Gasteiger charge is -2.07. The molecular weight excluding hydrogens is 182 g/mol. The van der Waals surface area contributed by atoms with Gasteiger partial charge in [0.1, 0.15) is 5.75 Å². The van der Waals surface area contributed by atoms with E-state index in [9.17, 15) is 4.79 Å². The quantitative estimate of drug-likeness (QED) is 0.533. The zero-order chi connectivity index (χ0) is 10.1. The predicted molar refractivity (Wildman–Crippen MR) is 51.4 cm³/mol. The van der Waals surface area contributed by atoms with Crippen LogP contribution in [0.15, 0.2) is 12.1 Å². The van der Waals surface area contributed by atoms with Gasteiger partial charge in [-0.05, 0) is 12.1 Å². The molecule has 0 bridgehead atoms. The summed E-state index contributed by atoms with van der Waals surface area (Å²) in [4.78, 5) is 11.3. The molecule has 0 saturated heterocycles. The molecule has 0 unspecified atom stereocenters. The van der Waals surface area contributed by atoms with Crippen molar-refractivity contribution in [2.45, 2.75) is 6.42 Å². The minimum Gasteiger partial charge on any atom is -0.493 e. The Bertz CT molecular complexity index is 387. The van der Waals surface area contributed by atoms with E-state index in [0.29, 0.717) is 17.9 Å². The molecule has 1 aliphatic rings. The van der Waals surface area contributed by atoms with Crippen molar-refractivity contribution in [2.24, 2.45) is 0 Å². The van der Waals surface area contributed by atoms with Crippen LogP contribution >= 0.6 is 0 Å². The predicted octanol–water partition coefficient (Wildman–Crippen LogP) is 0.990. The number of benzene rings is 1. The maximum Gasteiger partial charge on any atom is 0.339 e. The molecule has 1 aromatic carbocycles. The first-order valence-electron chi connectivity index (χ1n) is 4.36. The van der Waals surface area contributed by atoms with E-state index in [2.05, 4.69) is 4.74 Å². The summed E-state index contributed by atoms with van der Waals surface area (Å²) in [5.41, 5.74) is 7.63. The summed E-state index contributed by atoms with van der Waals surface area (Å²) in [6, 6.07) is 3.39. The fourth-order valence-corrected chi connectivity index (χ4v) is 1.59. The number of ether oxygens (including phenoxy) is 2. The molecule has 0 saturated carbocycles. The van der Waals surface area contributed by atoms with Crippen LogP contribution in [-0.2, 0) is 11.2 Å². The van der Waals surface area contributed by atoms with E-state index in [-0.39, 0.29) is 0 Å². The fourth-order valence-electron chi connectivity index (χ4n) is 1.59. The van der Waals surface area contributed by atoms with E-state index in [4.69, 9.17) is 10.5 Å². The number of fused-ring (bicyclic) bond motifs is 1. The van der Waals surface area contributed by atoms with Gasteiger partial charge in [-0.2, -0.15) is 0 Å². The van der Waals surface area contributed by atoms with Crippen LogP contribution in [0.1, 0.15) is 15.9 Å². The largest absolute Gasteiger partial charge is 0.493 e. The smallest absolute Gasteiger partial charge is 0.339 e. The van der Waals surface area contributed by atoms with E-state index < -0.39 is 5.97 Å². The lowest BCUT2D eigenvalue weighted by atomic mass is 10.1. The van der Waals surface area contributed by atoms with Gasteiger partial charge in [-0.3, -0.25) is 0 Å². The summed E-state index contributed by atoms with van der Waals surface area (Å²) in [5.74, 6) is 0.368. The van der Waals surface area contributed by atoms with Gasteiger partial charge in [-0.1, -0.05) is 0 Å². The molecule has 4 heteroatoms. The van der Waals surface area contributed by atoms with Gasteiger partial charge in [0, 0.05) is 12.0 Å². The summed E-state index contributed by atoms with van der Waals surface area (Å²) in [6.45, 7) is 0.629. The van der Waals surface area contributed by atoms with Gasteiger partial charge in [0.25, 0.3) is 0 Å². The highest BCUT2D eigenvalue weighted by Crippen LogP contribution is 2.32. The Balaban J connectivity index is 2.50. The number of carbonyl (C=O) groups is 1. The molecule has 0 aromatic heterocycles. The maximum absolute atomic E-state index is 11.3. The van der Waals surface area contributed by atoms with Gasteiger partial charge in [0.2, 0.25) is 0 Å². The van der Waals surface area contributed by atoms with Crippen molar-refractivity contribution in [1.29, 1.82) is 0 Å². The SMILES string of the molecule is COC(=O)c1ccc2c(c1N)CCO2. The first-order chi connectivity index (χ1) is 6.74. The molecule has 0 fully saturated rings. The van der Waals surface area contributed by atoms with Gasteiger partial charge < -0.3 is 15.2 Å². The van der Waals surface area contributed by atoms with Crippen molar-refractivity contribution in [2.75, 3.05) is 19.5 Å². The molecule has 0 aliphatic carbocycles. The second-order valence-electron chi connectivity index (χ2n) is 3.09. The Morgan fingerprint density at radius 3 is 3.07 bits per heavy atom. The van der Waals surface area contributed by atoms with Crippen LogP contribution in [0.25, 0.3) is 0 Å². The molecule has 2 N–H and O–H groups in total. The van der Waals surface area contributed by atoms with Crippen molar-refractivity contribution in [3.8, 4) is 5.75 Å². The van der Waals surface area contributed by atoms with Gasteiger partial charge >= 0.3 is 5.97 Å². The average Bonchev–Trinajstić information content (AvgIpc) is 2.66. The van der Waals surface area contributed by atoms with Crippen LogP contribution in [-0.4, -0.2) is 19.7 Å². The summed E-state index contributed by atoms with van der Waals surface area (Å²) < 4.78 is 9.93. The standard InChI is InChI=1S/C10H11NO3/c1-13-10(12)7-2-3-8-6(9(7)11)4-5-14-8/h2-3H,4-5,11H2,1H3. The second kappa shape index (κ2) is 3.21. The molecule has 0 atom stereocenters. The van der Waals surface area contributed by atoms with Gasteiger partial charge in [0.15, 0.2) is 0 Å². The van der Waals surface area contributed by atoms with Crippen LogP contribution in [0.4, 0.5) is 5.69 Å². The molecule has 74 valence electrons. The summed E-state index contributed by atoms with van der Waals surface area (Å²) in [7, 11) is 1.34. The highest BCUT2D eigenvalue weighted by atomic mass is 16.5. The van der Waals surface area contributed by atoms with E-state index in [1.807, 2.05) is 0 Å². The summed E-state index contributed by atoms with van der Waals surface area (Å²) in [6.07, 6.45) is 0.756. The van der Waals surface area contributed by atoms with Crippen LogP contribution in [0, 0.1) is 0 Å². The van der Waals surface area contributed by atoms with Crippen LogP contribution in [0.2, 0.25) is 0 Å². The van der Waals surface area contributed by atoms with Crippen molar-refractivity contribution < 1.29 is 14.3 Å². The number of methoxy groups -OCH3 is 1. The minimum atomic E-state index is -0.405. The summed E-state index contributed by atoms with van der Waals surface area (Å²) >= 11 is 0. The molecule has 1 heterocycles. The van der Waals surface area contributed by atoms with E-state index in [1.165, 1.54) is 7.11 Å². The van der Waals surface area contributed by atoms with Gasteiger partial charge in [-0.25, -0.2) is 4.79 Å². The number of rotatable bonds is 1. The number of nitrogen functional groups attached to an aromatic ring is 1. The average molecular weight is 193 g/mol. The molecule has 0 radical (unpaired) electrons. The number of nitrogens with two attached hydrogens (primary N) is 1. The van der Waals surface area contributed by atoms with Crippen LogP contribution < -0.4 is 10.5 Å². The van der Waals surface area contributed by atoms with E-state index in [0.717, 1.165) is 17.7 Å². The Morgan fingerprint density at radius 1 is 1.57 bits per heavy atom. The third-order valence-corrected chi connectivity index (χ3v) is 2.33. The third-order valence-electron chi connectivity index (χ3n) is 2.33. The number of hydrogen-bond acceptors (Lipinski definition) is 4. The number of esters is 1. The first kappa shape index (κ1) is 8.87. The number of hydrogen-bond donors (Lipinski definition) is 1. The zero-order valence-electron chi connectivity index (χ0n) is 7.87. The Labute approximate surface area is 81.6 Å². The van der Waals surface area contributed by atoms with Gasteiger partial charge in [-0.15, -0.1) is 0 Å². The van der Waals surface area contributed by atoms with Gasteiger partial charge in [0.05, 0.1) is 25.0 Å². The highest BCUT2D eigenvalue weighted by molar-refractivity contribution is 5.96. The molecular formula is C10H11NO3. The Morgan fingerprint density at radius 2 is 2.36 bits per heavy atom.